The van der Waals surface area contributed by atoms with Gasteiger partial charge in [0.25, 0.3) is 5.91 Å². The first-order valence-electron chi connectivity index (χ1n) is 7.93. The van der Waals surface area contributed by atoms with Crippen LogP contribution in [0.2, 0.25) is 0 Å². The zero-order valence-electron chi connectivity index (χ0n) is 13.7. The Morgan fingerprint density at radius 2 is 2.00 bits per heavy atom. The summed E-state index contributed by atoms with van der Waals surface area (Å²) < 4.78 is 0. The summed E-state index contributed by atoms with van der Waals surface area (Å²) in [5.41, 5.74) is 6.11. The number of aromatic amines is 1. The fourth-order valence-corrected chi connectivity index (χ4v) is 2.31. The third kappa shape index (κ3) is 3.92. The molecule has 0 fully saturated rings. The molecule has 3 N–H and O–H groups in total. The maximum Gasteiger partial charge on any atom is 0.289 e. The van der Waals surface area contributed by atoms with Crippen molar-refractivity contribution < 1.29 is 9.90 Å². The summed E-state index contributed by atoms with van der Waals surface area (Å²) in [6.07, 6.45) is 2.36. The molecule has 0 spiro atoms. The van der Waals surface area contributed by atoms with Crippen molar-refractivity contribution in [2.45, 2.75) is 13.3 Å². The van der Waals surface area contributed by atoms with Crippen molar-refractivity contribution in [1.82, 2.24) is 15.6 Å². The number of hydrogen-bond donors (Lipinski definition) is 3. The van der Waals surface area contributed by atoms with Crippen molar-refractivity contribution >= 4 is 12.1 Å². The molecular formula is C19H18N4O2. The highest BCUT2D eigenvalue weighted by atomic mass is 16.3. The molecule has 0 saturated heterocycles. The molecule has 1 aromatic heterocycles. The van der Waals surface area contributed by atoms with E-state index in [2.05, 4.69) is 27.6 Å². The largest absolute Gasteiger partial charge is 0.507 e. The number of carbonyl (C=O) groups is 1. The second kappa shape index (κ2) is 7.44. The lowest BCUT2D eigenvalue weighted by atomic mass is 10.1. The Kier molecular flexibility index (Phi) is 4.89. The summed E-state index contributed by atoms with van der Waals surface area (Å²) in [5.74, 6) is -0.310. The first kappa shape index (κ1) is 16.4. The number of H-pyrrole nitrogens is 1. The number of aryl methyl sites for hydroxylation is 1. The Balaban J connectivity index is 1.67. The Morgan fingerprint density at radius 1 is 1.24 bits per heavy atom. The van der Waals surface area contributed by atoms with Gasteiger partial charge in [0.1, 0.15) is 11.4 Å². The molecule has 0 aliphatic rings. The van der Waals surface area contributed by atoms with Crippen LogP contribution in [-0.4, -0.2) is 27.4 Å². The van der Waals surface area contributed by atoms with Gasteiger partial charge in [-0.25, -0.2) is 5.43 Å². The number of phenolic OH excluding ortho intramolecular Hbond substituents is 1. The number of hydrazone groups is 1. The molecule has 1 heterocycles. The number of para-hydroxylation sites is 1. The fraction of sp³-hybridized carbons (Fsp3) is 0.105. The van der Waals surface area contributed by atoms with Gasteiger partial charge in [0, 0.05) is 11.1 Å². The molecule has 6 heteroatoms. The van der Waals surface area contributed by atoms with E-state index >= 15 is 0 Å². The van der Waals surface area contributed by atoms with Gasteiger partial charge in [0.2, 0.25) is 0 Å². The topological polar surface area (TPSA) is 90.4 Å². The third-order valence-electron chi connectivity index (χ3n) is 3.79. The van der Waals surface area contributed by atoms with Gasteiger partial charge in [-0.05, 0) is 30.2 Å². The Morgan fingerprint density at radius 3 is 2.72 bits per heavy atom. The molecule has 2 aromatic carbocycles. The molecule has 6 nitrogen and oxygen atoms in total. The van der Waals surface area contributed by atoms with E-state index in [4.69, 9.17) is 0 Å². The van der Waals surface area contributed by atoms with Gasteiger partial charge in [-0.2, -0.15) is 10.2 Å². The molecular weight excluding hydrogens is 316 g/mol. The molecule has 126 valence electrons. The fourth-order valence-electron chi connectivity index (χ4n) is 2.31. The summed E-state index contributed by atoms with van der Waals surface area (Å²) in [7, 11) is 0. The van der Waals surface area contributed by atoms with Crippen LogP contribution >= 0.6 is 0 Å². The lowest BCUT2D eigenvalue weighted by Gasteiger charge is -1.99. The number of aromatic nitrogens is 2. The first-order valence-corrected chi connectivity index (χ1v) is 7.93. The number of hydrogen-bond acceptors (Lipinski definition) is 4. The molecule has 3 aromatic rings. The number of carbonyl (C=O) groups excluding carboxylic acids is 1. The molecule has 0 aliphatic heterocycles. The van der Waals surface area contributed by atoms with Crippen LogP contribution in [0.25, 0.3) is 11.3 Å². The van der Waals surface area contributed by atoms with Crippen LogP contribution in [0.3, 0.4) is 0 Å². The van der Waals surface area contributed by atoms with Crippen molar-refractivity contribution in [3.8, 4) is 17.0 Å². The second-order valence-electron chi connectivity index (χ2n) is 5.48. The molecule has 0 radical (unpaired) electrons. The van der Waals surface area contributed by atoms with Crippen molar-refractivity contribution in [2.75, 3.05) is 0 Å². The highest BCUT2D eigenvalue weighted by Crippen LogP contribution is 2.18. The van der Waals surface area contributed by atoms with Crippen LogP contribution < -0.4 is 5.43 Å². The number of nitrogens with one attached hydrogen (secondary N) is 2. The molecule has 3 rings (SSSR count). The Labute approximate surface area is 145 Å². The minimum Gasteiger partial charge on any atom is -0.507 e. The lowest BCUT2D eigenvalue weighted by Crippen LogP contribution is -2.18. The second-order valence-corrected chi connectivity index (χ2v) is 5.48. The molecule has 0 aliphatic carbocycles. The van der Waals surface area contributed by atoms with Gasteiger partial charge < -0.3 is 5.11 Å². The molecule has 0 atom stereocenters. The molecule has 0 saturated carbocycles. The molecule has 0 unspecified atom stereocenters. The highest BCUT2D eigenvalue weighted by molar-refractivity contribution is 5.94. The van der Waals surface area contributed by atoms with Crippen LogP contribution in [0.4, 0.5) is 0 Å². The monoisotopic (exact) mass is 334 g/mol. The van der Waals surface area contributed by atoms with Gasteiger partial charge in [-0.3, -0.25) is 9.89 Å². The standard InChI is InChI=1S/C19H18N4O2/c1-2-13-7-9-14(10-8-13)16-11-17(22-21-16)19(25)23-20-12-15-5-3-4-6-18(15)24/h3-12,24H,2H2,1H3,(H,21,22)(H,23,25)/b20-12+. The number of benzene rings is 2. The maximum absolute atomic E-state index is 12.1. The van der Waals surface area contributed by atoms with Crippen molar-refractivity contribution in [3.05, 3.63) is 71.4 Å². The van der Waals surface area contributed by atoms with E-state index in [0.29, 0.717) is 17.0 Å². The van der Waals surface area contributed by atoms with Crippen LogP contribution in [0.5, 0.6) is 5.75 Å². The van der Waals surface area contributed by atoms with E-state index < -0.39 is 5.91 Å². The zero-order valence-corrected chi connectivity index (χ0v) is 13.7. The Hall–Kier alpha value is -3.41. The van der Waals surface area contributed by atoms with E-state index in [1.165, 1.54) is 11.8 Å². The Bertz CT molecular complexity index is 898. The summed E-state index contributed by atoms with van der Waals surface area (Å²) >= 11 is 0. The summed E-state index contributed by atoms with van der Waals surface area (Å²) in [6, 6.07) is 16.4. The number of nitrogens with zero attached hydrogens (tertiary/aromatic N) is 2. The predicted octanol–water partition coefficient (Wildman–Crippen LogP) is 3.11. The van der Waals surface area contributed by atoms with Gasteiger partial charge in [-0.15, -0.1) is 0 Å². The van der Waals surface area contributed by atoms with Crippen LogP contribution in [0.1, 0.15) is 28.5 Å². The SMILES string of the molecule is CCc1ccc(-c2cc(C(=O)N/N=C/c3ccccc3O)[nH]n2)cc1. The summed E-state index contributed by atoms with van der Waals surface area (Å²) in [4.78, 5) is 12.1. The van der Waals surface area contributed by atoms with Gasteiger partial charge >= 0.3 is 0 Å². The molecule has 25 heavy (non-hydrogen) atoms. The van der Waals surface area contributed by atoms with Gasteiger partial charge in [0.05, 0.1) is 11.9 Å². The van der Waals surface area contributed by atoms with Crippen molar-refractivity contribution in [1.29, 1.82) is 0 Å². The smallest absolute Gasteiger partial charge is 0.289 e. The van der Waals surface area contributed by atoms with Gasteiger partial charge in [-0.1, -0.05) is 43.3 Å². The van der Waals surface area contributed by atoms with E-state index in [-0.39, 0.29) is 5.75 Å². The predicted molar refractivity (Wildman–Crippen MR) is 96.6 cm³/mol. The number of phenols is 1. The van der Waals surface area contributed by atoms with E-state index in [0.717, 1.165) is 12.0 Å². The van der Waals surface area contributed by atoms with Crippen LogP contribution in [0, 0.1) is 0 Å². The van der Waals surface area contributed by atoms with Crippen LogP contribution in [0.15, 0.2) is 59.7 Å². The first-order chi connectivity index (χ1) is 12.2. The summed E-state index contributed by atoms with van der Waals surface area (Å²) in [5, 5.41) is 20.4. The minimum atomic E-state index is -0.407. The maximum atomic E-state index is 12.1. The lowest BCUT2D eigenvalue weighted by molar-refractivity contribution is 0.0950. The van der Waals surface area contributed by atoms with Crippen LogP contribution in [-0.2, 0) is 6.42 Å². The molecule has 0 bridgehead atoms. The van der Waals surface area contributed by atoms with E-state index in [1.54, 1.807) is 30.3 Å². The number of aromatic hydroxyl groups is 1. The van der Waals surface area contributed by atoms with E-state index in [9.17, 15) is 9.90 Å². The summed E-state index contributed by atoms with van der Waals surface area (Å²) in [6.45, 7) is 2.10. The normalized spacial score (nSPS) is 10.9. The van der Waals surface area contributed by atoms with Crippen molar-refractivity contribution in [2.24, 2.45) is 5.10 Å². The zero-order chi connectivity index (χ0) is 17.6. The average molecular weight is 334 g/mol. The van der Waals surface area contributed by atoms with Gasteiger partial charge in [0.15, 0.2) is 0 Å². The third-order valence-corrected chi connectivity index (χ3v) is 3.79. The van der Waals surface area contributed by atoms with Crippen molar-refractivity contribution in [3.63, 3.8) is 0 Å². The quantitative estimate of drug-likeness (QED) is 0.494. The molecule has 1 amide bonds. The number of amides is 1. The number of rotatable bonds is 5. The highest BCUT2D eigenvalue weighted by Gasteiger charge is 2.10. The average Bonchev–Trinajstić information content (AvgIpc) is 3.13. The minimum absolute atomic E-state index is 0.0971. The van der Waals surface area contributed by atoms with E-state index in [1.807, 2.05) is 24.3 Å².